The molecule has 0 spiro atoms. The minimum atomic E-state index is -0.379. The van der Waals surface area contributed by atoms with E-state index in [1.165, 1.54) is 12.1 Å². The van der Waals surface area contributed by atoms with Crippen molar-refractivity contribution in [2.24, 2.45) is 0 Å². The molecule has 1 fully saturated rings. The fourth-order valence-corrected chi connectivity index (χ4v) is 2.29. The third-order valence-electron chi connectivity index (χ3n) is 3.05. The molecule has 1 N–H and O–H groups in total. The van der Waals surface area contributed by atoms with Crippen molar-refractivity contribution >= 4 is 0 Å². The zero-order chi connectivity index (χ0) is 12.5. The quantitative estimate of drug-likeness (QED) is 0.852. The average Bonchev–Trinajstić information content (AvgIpc) is 2.22. The molecule has 17 heavy (non-hydrogen) atoms. The molecule has 0 unspecified atom stereocenters. The summed E-state index contributed by atoms with van der Waals surface area (Å²) in [5, 5.41) is 3.39. The van der Waals surface area contributed by atoms with Crippen LogP contribution in [0.25, 0.3) is 0 Å². The number of piperazine rings is 1. The molecule has 0 bridgehead atoms. The van der Waals surface area contributed by atoms with Crippen LogP contribution >= 0.6 is 0 Å². The molecule has 1 aliphatic rings. The van der Waals surface area contributed by atoms with E-state index in [-0.39, 0.29) is 17.2 Å². The molecular weight excluding hydrogens is 222 g/mol. The molecule has 0 amide bonds. The van der Waals surface area contributed by atoms with Crippen molar-refractivity contribution in [2.75, 3.05) is 19.6 Å². The van der Waals surface area contributed by atoms with Crippen LogP contribution in [0.3, 0.4) is 0 Å². The van der Waals surface area contributed by atoms with Crippen molar-refractivity contribution < 1.29 is 8.78 Å². The predicted octanol–water partition coefficient (Wildman–Crippen LogP) is 2.15. The van der Waals surface area contributed by atoms with Gasteiger partial charge in [-0.25, -0.2) is 8.78 Å². The maximum atomic E-state index is 13.5. The highest BCUT2D eigenvalue weighted by molar-refractivity contribution is 5.18. The largest absolute Gasteiger partial charge is 0.309 e. The molecule has 0 aromatic heterocycles. The van der Waals surface area contributed by atoms with Crippen LogP contribution in [0, 0.1) is 11.6 Å². The van der Waals surface area contributed by atoms with Crippen molar-refractivity contribution in [3.8, 4) is 0 Å². The molecule has 94 valence electrons. The highest BCUT2D eigenvalue weighted by Crippen LogP contribution is 2.16. The fourth-order valence-electron chi connectivity index (χ4n) is 2.29. The van der Waals surface area contributed by atoms with Crippen LogP contribution in [-0.2, 0) is 6.54 Å². The topological polar surface area (TPSA) is 15.3 Å². The Hall–Kier alpha value is -1.00. The first-order valence-electron chi connectivity index (χ1n) is 5.88. The third-order valence-corrected chi connectivity index (χ3v) is 3.05. The lowest BCUT2D eigenvalue weighted by Gasteiger charge is -2.39. The highest BCUT2D eigenvalue weighted by Gasteiger charge is 2.25. The van der Waals surface area contributed by atoms with E-state index in [1.807, 2.05) is 0 Å². The number of benzene rings is 1. The molecule has 4 heteroatoms. The third kappa shape index (κ3) is 3.23. The van der Waals surface area contributed by atoms with Gasteiger partial charge < -0.3 is 5.32 Å². The summed E-state index contributed by atoms with van der Waals surface area (Å²) >= 11 is 0. The van der Waals surface area contributed by atoms with Crippen LogP contribution in [-0.4, -0.2) is 30.1 Å². The molecule has 1 saturated heterocycles. The smallest absolute Gasteiger partial charge is 0.127 e. The van der Waals surface area contributed by atoms with E-state index >= 15 is 0 Å². The Morgan fingerprint density at radius 3 is 2.82 bits per heavy atom. The van der Waals surface area contributed by atoms with E-state index in [0.717, 1.165) is 25.7 Å². The van der Waals surface area contributed by atoms with Crippen molar-refractivity contribution in [1.29, 1.82) is 0 Å². The van der Waals surface area contributed by atoms with Gasteiger partial charge in [0.2, 0.25) is 0 Å². The summed E-state index contributed by atoms with van der Waals surface area (Å²) in [5.41, 5.74) is 0.463. The normalized spacial score (nSPS) is 20.5. The number of halogens is 2. The number of rotatable bonds is 2. The number of nitrogens with one attached hydrogen (secondary N) is 1. The molecule has 1 aromatic carbocycles. The molecule has 0 atom stereocenters. The summed E-state index contributed by atoms with van der Waals surface area (Å²) in [5.74, 6) is -0.710. The molecule has 0 saturated carbocycles. The van der Waals surface area contributed by atoms with Crippen molar-refractivity contribution in [2.45, 2.75) is 25.9 Å². The first kappa shape index (κ1) is 12.5. The van der Waals surface area contributed by atoms with Gasteiger partial charge in [-0.05, 0) is 32.0 Å². The number of hydrogen-bond acceptors (Lipinski definition) is 2. The number of hydrogen-bond donors (Lipinski definition) is 1. The van der Waals surface area contributed by atoms with Crippen LogP contribution in [0.2, 0.25) is 0 Å². The van der Waals surface area contributed by atoms with Crippen LogP contribution < -0.4 is 5.32 Å². The number of nitrogens with zero attached hydrogens (tertiary/aromatic N) is 1. The lowest BCUT2D eigenvalue weighted by molar-refractivity contribution is 0.147. The second-order valence-corrected chi connectivity index (χ2v) is 5.26. The van der Waals surface area contributed by atoms with E-state index in [0.29, 0.717) is 12.1 Å². The van der Waals surface area contributed by atoms with Gasteiger partial charge in [0.15, 0.2) is 0 Å². The monoisotopic (exact) mass is 240 g/mol. The Labute approximate surface area is 101 Å². The van der Waals surface area contributed by atoms with Gasteiger partial charge >= 0.3 is 0 Å². The summed E-state index contributed by atoms with van der Waals surface area (Å²) in [6.45, 7) is 7.27. The first-order valence-corrected chi connectivity index (χ1v) is 5.88. The van der Waals surface area contributed by atoms with E-state index in [1.54, 1.807) is 0 Å². The molecule has 2 nitrogen and oxygen atoms in total. The Kier molecular flexibility index (Phi) is 3.45. The van der Waals surface area contributed by atoms with Crippen LogP contribution in [0.1, 0.15) is 19.4 Å². The summed E-state index contributed by atoms with van der Waals surface area (Å²) in [6, 6.07) is 3.63. The molecule has 0 radical (unpaired) electrons. The SMILES string of the molecule is CC1(C)CN(Cc2cc(F)ccc2F)CCN1. The Morgan fingerprint density at radius 2 is 2.12 bits per heavy atom. The Bertz CT molecular complexity index is 404. The van der Waals surface area contributed by atoms with E-state index in [2.05, 4.69) is 24.1 Å². The summed E-state index contributed by atoms with van der Waals surface area (Å²) in [6.07, 6.45) is 0. The van der Waals surface area contributed by atoms with Gasteiger partial charge in [-0.15, -0.1) is 0 Å². The molecule has 1 aromatic rings. The zero-order valence-corrected chi connectivity index (χ0v) is 10.3. The van der Waals surface area contributed by atoms with E-state index in [9.17, 15) is 8.78 Å². The van der Waals surface area contributed by atoms with Gasteiger partial charge in [0.1, 0.15) is 11.6 Å². The molecule has 0 aliphatic carbocycles. The molecule has 2 rings (SSSR count). The van der Waals surface area contributed by atoms with E-state index in [4.69, 9.17) is 0 Å². The van der Waals surface area contributed by atoms with Crippen molar-refractivity contribution in [1.82, 2.24) is 10.2 Å². The summed E-state index contributed by atoms with van der Waals surface area (Å²) in [7, 11) is 0. The maximum Gasteiger partial charge on any atom is 0.127 e. The summed E-state index contributed by atoms with van der Waals surface area (Å²) in [4.78, 5) is 2.15. The van der Waals surface area contributed by atoms with E-state index < -0.39 is 0 Å². The fraction of sp³-hybridized carbons (Fsp3) is 0.538. The minimum Gasteiger partial charge on any atom is -0.309 e. The lowest BCUT2D eigenvalue weighted by atomic mass is 10.0. The van der Waals surface area contributed by atoms with Gasteiger partial charge in [-0.1, -0.05) is 0 Å². The predicted molar refractivity (Wildman–Crippen MR) is 63.7 cm³/mol. The lowest BCUT2D eigenvalue weighted by Crippen LogP contribution is -2.56. The highest BCUT2D eigenvalue weighted by atomic mass is 19.1. The second-order valence-electron chi connectivity index (χ2n) is 5.26. The van der Waals surface area contributed by atoms with Crippen LogP contribution in [0.5, 0.6) is 0 Å². The second kappa shape index (κ2) is 4.70. The van der Waals surface area contributed by atoms with Gasteiger partial charge in [-0.3, -0.25) is 4.90 Å². The molecule has 1 heterocycles. The molecular formula is C13H18F2N2. The van der Waals surface area contributed by atoms with Gasteiger partial charge in [0, 0.05) is 37.3 Å². The molecule has 1 aliphatic heterocycles. The van der Waals surface area contributed by atoms with Gasteiger partial charge in [0.05, 0.1) is 0 Å². The van der Waals surface area contributed by atoms with Crippen LogP contribution in [0.4, 0.5) is 8.78 Å². The first-order chi connectivity index (χ1) is 7.96. The zero-order valence-electron chi connectivity index (χ0n) is 10.3. The van der Waals surface area contributed by atoms with Gasteiger partial charge in [0.25, 0.3) is 0 Å². The van der Waals surface area contributed by atoms with Crippen molar-refractivity contribution in [3.05, 3.63) is 35.4 Å². The van der Waals surface area contributed by atoms with Crippen LogP contribution in [0.15, 0.2) is 18.2 Å². The Morgan fingerprint density at radius 1 is 1.35 bits per heavy atom. The average molecular weight is 240 g/mol. The van der Waals surface area contributed by atoms with Crippen molar-refractivity contribution in [3.63, 3.8) is 0 Å². The summed E-state index contributed by atoms with van der Waals surface area (Å²) < 4.78 is 26.6. The maximum absolute atomic E-state index is 13.5. The standard InChI is InChI=1S/C13H18F2N2/c1-13(2)9-17(6-5-16-13)8-10-7-11(14)3-4-12(10)15/h3-4,7,16H,5-6,8-9H2,1-2H3. The minimum absolute atomic E-state index is 0.0298. The van der Waals surface area contributed by atoms with Gasteiger partial charge in [-0.2, -0.15) is 0 Å². The Balaban J connectivity index is 2.07.